The van der Waals surface area contributed by atoms with E-state index in [1.165, 1.54) is 0 Å². The lowest BCUT2D eigenvalue weighted by Crippen LogP contribution is -2.25. The average Bonchev–Trinajstić information content (AvgIpc) is 2.55. The van der Waals surface area contributed by atoms with Gasteiger partial charge in [0.25, 0.3) is 0 Å². The Labute approximate surface area is 96.5 Å². The van der Waals surface area contributed by atoms with Crippen molar-refractivity contribution < 1.29 is 14.3 Å². The Morgan fingerprint density at radius 3 is 3.00 bits per heavy atom. The zero-order chi connectivity index (χ0) is 12.4. The molecule has 0 amide bonds. The number of rotatable bonds is 4. The number of aliphatic carboxylic acids is 1. The van der Waals surface area contributed by atoms with Gasteiger partial charge in [-0.05, 0) is 24.7 Å². The molecule has 2 aromatic rings. The summed E-state index contributed by atoms with van der Waals surface area (Å²) in [7, 11) is 1.71. The maximum Gasteiger partial charge on any atom is 0.417 e. The van der Waals surface area contributed by atoms with Gasteiger partial charge in [0.1, 0.15) is 0 Å². The summed E-state index contributed by atoms with van der Waals surface area (Å²) in [5.41, 5.74) is 2.01. The highest BCUT2D eigenvalue weighted by Crippen LogP contribution is 2.13. The van der Waals surface area contributed by atoms with Gasteiger partial charge in [0.05, 0.1) is 12.1 Å². The van der Waals surface area contributed by atoms with Crippen LogP contribution in [-0.4, -0.2) is 34.6 Å². The quantitative estimate of drug-likeness (QED) is 0.813. The van der Waals surface area contributed by atoms with Crippen LogP contribution in [0.1, 0.15) is 5.56 Å². The summed E-state index contributed by atoms with van der Waals surface area (Å²) in [6.07, 6.45) is 0. The van der Waals surface area contributed by atoms with Crippen LogP contribution >= 0.6 is 0 Å². The second-order valence-electron chi connectivity index (χ2n) is 3.91. The Morgan fingerprint density at radius 1 is 1.53 bits per heavy atom. The first-order valence-corrected chi connectivity index (χ1v) is 5.06. The van der Waals surface area contributed by atoms with Crippen LogP contribution in [0.2, 0.25) is 0 Å². The summed E-state index contributed by atoms with van der Waals surface area (Å²) in [5.74, 6) is -1.36. The molecule has 2 N–H and O–H groups in total. The van der Waals surface area contributed by atoms with E-state index in [0.29, 0.717) is 17.6 Å². The number of carboxylic acids is 1. The monoisotopic (exact) mass is 236 g/mol. The first-order valence-electron chi connectivity index (χ1n) is 5.06. The molecule has 6 heteroatoms. The first kappa shape index (κ1) is 11.4. The minimum Gasteiger partial charge on any atom is -0.480 e. The fourth-order valence-corrected chi connectivity index (χ4v) is 1.69. The number of aromatic nitrogens is 1. The number of likely N-dealkylation sites (N-methyl/N-ethyl adjacent to an activating group) is 1. The lowest BCUT2D eigenvalue weighted by atomic mass is 10.2. The van der Waals surface area contributed by atoms with Crippen LogP contribution in [0, 0.1) is 0 Å². The second-order valence-corrected chi connectivity index (χ2v) is 3.91. The molecule has 1 heterocycles. The summed E-state index contributed by atoms with van der Waals surface area (Å²) in [5, 5.41) is 8.63. The maximum absolute atomic E-state index is 11.0. The van der Waals surface area contributed by atoms with Crippen LogP contribution < -0.4 is 5.76 Å². The van der Waals surface area contributed by atoms with Crippen LogP contribution in [-0.2, 0) is 11.3 Å². The second kappa shape index (κ2) is 4.42. The van der Waals surface area contributed by atoms with Crippen molar-refractivity contribution in [1.82, 2.24) is 9.88 Å². The minimum atomic E-state index is -0.873. The molecule has 90 valence electrons. The largest absolute Gasteiger partial charge is 0.480 e. The third kappa shape index (κ3) is 2.73. The fourth-order valence-electron chi connectivity index (χ4n) is 1.69. The molecule has 2 rings (SSSR count). The normalized spacial score (nSPS) is 11.2. The molecule has 0 spiro atoms. The molecule has 1 aromatic carbocycles. The Morgan fingerprint density at radius 2 is 2.29 bits per heavy atom. The lowest BCUT2D eigenvalue weighted by molar-refractivity contribution is -0.138. The van der Waals surface area contributed by atoms with Crippen LogP contribution in [0.25, 0.3) is 11.1 Å². The van der Waals surface area contributed by atoms with E-state index in [2.05, 4.69) is 4.98 Å². The molecule has 0 aliphatic heterocycles. The molecule has 0 atom stereocenters. The highest BCUT2D eigenvalue weighted by atomic mass is 16.4. The van der Waals surface area contributed by atoms with Gasteiger partial charge in [-0.15, -0.1) is 0 Å². The summed E-state index contributed by atoms with van der Waals surface area (Å²) in [4.78, 5) is 25.7. The number of aromatic amines is 1. The van der Waals surface area contributed by atoms with Crippen molar-refractivity contribution in [3.8, 4) is 0 Å². The van der Waals surface area contributed by atoms with Crippen LogP contribution in [0.5, 0.6) is 0 Å². The summed E-state index contributed by atoms with van der Waals surface area (Å²) in [6, 6.07) is 5.29. The van der Waals surface area contributed by atoms with E-state index in [-0.39, 0.29) is 6.54 Å². The van der Waals surface area contributed by atoms with Crippen molar-refractivity contribution in [2.45, 2.75) is 6.54 Å². The number of hydrogen-bond donors (Lipinski definition) is 2. The van der Waals surface area contributed by atoms with Crippen molar-refractivity contribution in [2.75, 3.05) is 13.6 Å². The van der Waals surface area contributed by atoms with Gasteiger partial charge in [-0.2, -0.15) is 0 Å². The number of hydrogen-bond acceptors (Lipinski definition) is 4. The number of oxazole rings is 1. The maximum atomic E-state index is 11.0. The van der Waals surface area contributed by atoms with Gasteiger partial charge in [-0.1, -0.05) is 6.07 Å². The lowest BCUT2D eigenvalue weighted by Gasteiger charge is -2.13. The number of carbonyl (C=O) groups is 1. The molecule has 0 fully saturated rings. The molecule has 17 heavy (non-hydrogen) atoms. The molecule has 0 saturated heterocycles. The van der Waals surface area contributed by atoms with Gasteiger partial charge in [-0.3, -0.25) is 14.7 Å². The first-order chi connectivity index (χ1) is 8.04. The third-order valence-electron chi connectivity index (χ3n) is 2.34. The molecular weight excluding hydrogens is 224 g/mol. The van der Waals surface area contributed by atoms with Gasteiger partial charge in [0.2, 0.25) is 0 Å². The van der Waals surface area contributed by atoms with Crippen LogP contribution in [0.3, 0.4) is 0 Å². The Kier molecular flexibility index (Phi) is 2.97. The van der Waals surface area contributed by atoms with Gasteiger partial charge >= 0.3 is 11.7 Å². The van der Waals surface area contributed by atoms with Gasteiger partial charge in [0.15, 0.2) is 5.58 Å². The van der Waals surface area contributed by atoms with Crippen molar-refractivity contribution >= 4 is 17.1 Å². The van der Waals surface area contributed by atoms with Gasteiger partial charge in [0, 0.05) is 6.54 Å². The van der Waals surface area contributed by atoms with Gasteiger partial charge in [-0.25, -0.2) is 4.79 Å². The van der Waals surface area contributed by atoms with Gasteiger partial charge < -0.3 is 9.52 Å². The smallest absolute Gasteiger partial charge is 0.417 e. The van der Waals surface area contributed by atoms with E-state index in [9.17, 15) is 9.59 Å². The molecular formula is C11H12N2O4. The van der Waals surface area contributed by atoms with E-state index in [0.717, 1.165) is 5.56 Å². The number of H-pyrrole nitrogens is 1. The van der Waals surface area contributed by atoms with E-state index >= 15 is 0 Å². The zero-order valence-electron chi connectivity index (χ0n) is 9.27. The van der Waals surface area contributed by atoms with Crippen molar-refractivity contribution in [2.24, 2.45) is 0 Å². The summed E-state index contributed by atoms with van der Waals surface area (Å²) < 4.78 is 4.93. The predicted octanol–water partition coefficient (Wildman–Crippen LogP) is 0.637. The Bertz CT molecular complexity index is 599. The molecule has 0 aliphatic rings. The molecule has 0 saturated carbocycles. The van der Waals surface area contributed by atoms with E-state index < -0.39 is 11.7 Å². The topological polar surface area (TPSA) is 86.5 Å². The zero-order valence-corrected chi connectivity index (χ0v) is 9.27. The molecule has 0 unspecified atom stereocenters. The van der Waals surface area contributed by atoms with Crippen molar-refractivity contribution in [3.63, 3.8) is 0 Å². The fraction of sp³-hybridized carbons (Fsp3) is 0.273. The molecule has 0 bridgehead atoms. The highest BCUT2D eigenvalue weighted by molar-refractivity contribution is 5.72. The SMILES string of the molecule is CN(CC(=O)O)Cc1ccc2[nH]c(=O)oc2c1. The molecule has 0 aliphatic carbocycles. The predicted molar refractivity (Wildman–Crippen MR) is 60.8 cm³/mol. The van der Waals surface area contributed by atoms with E-state index in [4.69, 9.17) is 9.52 Å². The number of carboxylic acid groups (broad SMARTS) is 1. The number of fused-ring (bicyclic) bond motifs is 1. The molecule has 1 aromatic heterocycles. The summed E-state index contributed by atoms with van der Waals surface area (Å²) >= 11 is 0. The van der Waals surface area contributed by atoms with Crippen LogP contribution in [0.15, 0.2) is 27.4 Å². The van der Waals surface area contributed by atoms with Crippen LogP contribution in [0.4, 0.5) is 0 Å². The van der Waals surface area contributed by atoms with Crippen molar-refractivity contribution in [1.29, 1.82) is 0 Å². The molecule has 6 nitrogen and oxygen atoms in total. The number of nitrogens with zero attached hydrogens (tertiary/aromatic N) is 1. The number of benzene rings is 1. The third-order valence-corrected chi connectivity index (χ3v) is 2.34. The number of nitrogens with one attached hydrogen (secondary N) is 1. The Hall–Kier alpha value is -2.08. The standard InChI is InChI=1S/C11H12N2O4/c1-13(6-10(14)15)5-7-2-3-8-9(4-7)17-11(16)12-8/h2-4H,5-6H2,1H3,(H,12,16)(H,14,15). The van der Waals surface area contributed by atoms with E-state index in [1.54, 1.807) is 24.1 Å². The molecule has 0 radical (unpaired) electrons. The average molecular weight is 236 g/mol. The minimum absolute atomic E-state index is 0.0326. The van der Waals surface area contributed by atoms with E-state index in [1.807, 2.05) is 6.07 Å². The Balaban J connectivity index is 2.18. The highest BCUT2D eigenvalue weighted by Gasteiger charge is 2.07. The van der Waals surface area contributed by atoms with Crippen molar-refractivity contribution in [3.05, 3.63) is 34.3 Å². The summed E-state index contributed by atoms with van der Waals surface area (Å²) in [6.45, 7) is 0.451.